The molecule has 0 atom stereocenters. The number of anilines is 1. The van der Waals surface area contributed by atoms with Gasteiger partial charge < -0.3 is 16.0 Å². The zero-order valence-corrected chi connectivity index (χ0v) is 15.6. The summed E-state index contributed by atoms with van der Waals surface area (Å²) in [7, 11) is 0. The van der Waals surface area contributed by atoms with Crippen molar-refractivity contribution < 1.29 is 9.72 Å². The van der Waals surface area contributed by atoms with E-state index in [1.165, 1.54) is 17.7 Å². The van der Waals surface area contributed by atoms with Gasteiger partial charge >= 0.3 is 0 Å². The number of carbonyl (C=O) groups excluding carboxylic acids is 1. The van der Waals surface area contributed by atoms with Crippen LogP contribution in [-0.2, 0) is 11.2 Å². The first-order valence-corrected chi connectivity index (χ1v) is 9.01. The zero-order valence-electron chi connectivity index (χ0n) is 15.6. The standard InChI is InChI=1S/C20H26N4O3/c1-16-15-18(24(26)27)7-8-19(16)22-20(25)10-13-23(14-11-21)12-9-17-5-3-2-4-6-17/h2-8,15H,9-14,21H2,1H3,(H,22,25). The van der Waals surface area contributed by atoms with Crippen molar-refractivity contribution in [3.8, 4) is 0 Å². The normalized spacial score (nSPS) is 10.8. The number of aryl methyl sites for hydroxylation is 1. The quantitative estimate of drug-likeness (QED) is 0.495. The summed E-state index contributed by atoms with van der Waals surface area (Å²) in [6.45, 7) is 4.46. The summed E-state index contributed by atoms with van der Waals surface area (Å²) in [6, 6.07) is 14.6. The lowest BCUT2D eigenvalue weighted by atomic mass is 10.1. The molecule has 0 saturated carbocycles. The molecule has 144 valence electrons. The summed E-state index contributed by atoms with van der Waals surface area (Å²) in [5.74, 6) is -0.117. The van der Waals surface area contributed by atoms with Gasteiger partial charge in [0.05, 0.1) is 4.92 Å². The van der Waals surface area contributed by atoms with Gasteiger partial charge in [0.15, 0.2) is 0 Å². The van der Waals surface area contributed by atoms with Crippen LogP contribution in [-0.4, -0.2) is 41.9 Å². The maximum Gasteiger partial charge on any atom is 0.269 e. The molecule has 0 bridgehead atoms. The van der Waals surface area contributed by atoms with E-state index < -0.39 is 4.92 Å². The zero-order chi connectivity index (χ0) is 19.6. The fourth-order valence-electron chi connectivity index (χ4n) is 2.82. The molecule has 2 rings (SSSR count). The topological polar surface area (TPSA) is 102 Å². The number of nitro groups is 1. The van der Waals surface area contributed by atoms with Crippen LogP contribution < -0.4 is 11.1 Å². The minimum atomic E-state index is -0.448. The Labute approximate surface area is 159 Å². The van der Waals surface area contributed by atoms with Crippen LogP contribution in [0, 0.1) is 17.0 Å². The maximum atomic E-state index is 12.3. The van der Waals surface area contributed by atoms with Gasteiger partial charge in [0, 0.05) is 50.4 Å². The van der Waals surface area contributed by atoms with Gasteiger partial charge in [-0.25, -0.2) is 0 Å². The van der Waals surface area contributed by atoms with Gasteiger partial charge in [0.2, 0.25) is 5.91 Å². The summed E-state index contributed by atoms with van der Waals surface area (Å²) >= 11 is 0. The Bertz CT molecular complexity index is 765. The average Bonchev–Trinajstić information content (AvgIpc) is 2.66. The van der Waals surface area contributed by atoms with Crippen molar-refractivity contribution in [3.05, 3.63) is 69.8 Å². The number of hydrogen-bond acceptors (Lipinski definition) is 5. The smallest absolute Gasteiger partial charge is 0.269 e. The number of non-ortho nitro benzene ring substituents is 1. The first kappa shape index (κ1) is 20.5. The second kappa shape index (κ2) is 10.4. The third kappa shape index (κ3) is 6.80. The number of amides is 1. The Morgan fingerprint density at radius 3 is 2.52 bits per heavy atom. The molecule has 0 aliphatic carbocycles. The van der Waals surface area contributed by atoms with Crippen molar-refractivity contribution in [1.29, 1.82) is 0 Å². The lowest BCUT2D eigenvalue weighted by Crippen LogP contribution is -2.34. The number of nitro benzene ring substituents is 1. The lowest BCUT2D eigenvalue weighted by Gasteiger charge is -2.21. The van der Waals surface area contributed by atoms with Gasteiger partial charge in [-0.05, 0) is 30.5 Å². The minimum Gasteiger partial charge on any atom is -0.329 e. The van der Waals surface area contributed by atoms with E-state index in [-0.39, 0.29) is 11.6 Å². The molecule has 0 heterocycles. The predicted molar refractivity (Wildman–Crippen MR) is 107 cm³/mol. The molecule has 0 saturated heterocycles. The van der Waals surface area contributed by atoms with E-state index in [2.05, 4.69) is 22.3 Å². The van der Waals surface area contributed by atoms with Crippen molar-refractivity contribution in [3.63, 3.8) is 0 Å². The highest BCUT2D eigenvalue weighted by molar-refractivity contribution is 5.91. The molecule has 0 aromatic heterocycles. The molecular formula is C20H26N4O3. The number of hydrogen-bond donors (Lipinski definition) is 2. The van der Waals surface area contributed by atoms with E-state index in [4.69, 9.17) is 5.73 Å². The molecule has 0 aliphatic heterocycles. The summed E-state index contributed by atoms with van der Waals surface area (Å²) in [4.78, 5) is 24.8. The Morgan fingerprint density at radius 1 is 1.15 bits per heavy atom. The second-order valence-corrected chi connectivity index (χ2v) is 6.42. The summed E-state index contributed by atoms with van der Waals surface area (Å²) < 4.78 is 0. The van der Waals surface area contributed by atoms with Crippen LogP contribution in [0.15, 0.2) is 48.5 Å². The first-order valence-electron chi connectivity index (χ1n) is 9.01. The van der Waals surface area contributed by atoms with E-state index >= 15 is 0 Å². The van der Waals surface area contributed by atoms with E-state index in [0.717, 1.165) is 19.5 Å². The average molecular weight is 370 g/mol. The molecule has 7 heteroatoms. The number of benzene rings is 2. The third-order valence-electron chi connectivity index (χ3n) is 4.35. The van der Waals surface area contributed by atoms with Crippen molar-refractivity contribution in [2.24, 2.45) is 5.73 Å². The van der Waals surface area contributed by atoms with Crippen LogP contribution in [0.5, 0.6) is 0 Å². The van der Waals surface area contributed by atoms with E-state index in [0.29, 0.717) is 30.8 Å². The number of carbonyl (C=O) groups is 1. The van der Waals surface area contributed by atoms with Crippen LogP contribution in [0.1, 0.15) is 17.5 Å². The van der Waals surface area contributed by atoms with Crippen molar-refractivity contribution in [2.45, 2.75) is 19.8 Å². The highest BCUT2D eigenvalue weighted by Crippen LogP contribution is 2.21. The molecule has 2 aromatic rings. The lowest BCUT2D eigenvalue weighted by molar-refractivity contribution is -0.384. The van der Waals surface area contributed by atoms with Crippen LogP contribution in [0.25, 0.3) is 0 Å². The molecule has 0 fully saturated rings. The largest absolute Gasteiger partial charge is 0.329 e. The van der Waals surface area contributed by atoms with Gasteiger partial charge in [0.25, 0.3) is 5.69 Å². The van der Waals surface area contributed by atoms with Crippen LogP contribution >= 0.6 is 0 Å². The van der Waals surface area contributed by atoms with Gasteiger partial charge in [-0.15, -0.1) is 0 Å². The Balaban J connectivity index is 1.85. The fraction of sp³-hybridized carbons (Fsp3) is 0.350. The SMILES string of the molecule is Cc1cc([N+](=O)[O-])ccc1NC(=O)CCN(CCN)CCc1ccccc1. The number of nitrogens with one attached hydrogen (secondary N) is 1. The Kier molecular flexibility index (Phi) is 7.91. The molecular weight excluding hydrogens is 344 g/mol. The Morgan fingerprint density at radius 2 is 1.89 bits per heavy atom. The monoisotopic (exact) mass is 370 g/mol. The van der Waals surface area contributed by atoms with Gasteiger partial charge in [-0.3, -0.25) is 14.9 Å². The highest BCUT2D eigenvalue weighted by Gasteiger charge is 2.12. The number of nitrogens with zero attached hydrogens (tertiary/aromatic N) is 2. The van der Waals surface area contributed by atoms with Gasteiger partial charge in [-0.2, -0.15) is 0 Å². The van der Waals surface area contributed by atoms with Gasteiger partial charge in [0.1, 0.15) is 0 Å². The Hall–Kier alpha value is -2.77. The van der Waals surface area contributed by atoms with E-state index in [1.54, 1.807) is 13.0 Å². The molecule has 27 heavy (non-hydrogen) atoms. The molecule has 0 radical (unpaired) electrons. The molecule has 2 aromatic carbocycles. The maximum absolute atomic E-state index is 12.3. The fourth-order valence-corrected chi connectivity index (χ4v) is 2.82. The summed E-state index contributed by atoms with van der Waals surface area (Å²) in [6.07, 6.45) is 1.25. The second-order valence-electron chi connectivity index (χ2n) is 6.42. The number of nitrogens with two attached hydrogens (primary N) is 1. The van der Waals surface area contributed by atoms with Crippen LogP contribution in [0.2, 0.25) is 0 Å². The molecule has 1 amide bonds. The van der Waals surface area contributed by atoms with E-state index in [1.807, 2.05) is 18.2 Å². The molecule has 7 nitrogen and oxygen atoms in total. The third-order valence-corrected chi connectivity index (χ3v) is 4.35. The van der Waals surface area contributed by atoms with Crippen LogP contribution in [0.3, 0.4) is 0 Å². The minimum absolute atomic E-state index is 0.0144. The molecule has 0 unspecified atom stereocenters. The summed E-state index contributed by atoms with van der Waals surface area (Å²) in [5.41, 5.74) is 8.22. The van der Waals surface area contributed by atoms with Crippen molar-refractivity contribution in [1.82, 2.24) is 4.90 Å². The molecule has 0 spiro atoms. The first-order chi connectivity index (χ1) is 13.0. The predicted octanol–water partition coefficient (Wildman–Crippen LogP) is 2.74. The molecule has 0 aliphatic rings. The van der Waals surface area contributed by atoms with Crippen molar-refractivity contribution >= 4 is 17.3 Å². The van der Waals surface area contributed by atoms with Gasteiger partial charge in [-0.1, -0.05) is 30.3 Å². The van der Waals surface area contributed by atoms with E-state index in [9.17, 15) is 14.9 Å². The molecule has 3 N–H and O–H groups in total. The number of rotatable bonds is 10. The van der Waals surface area contributed by atoms with Crippen molar-refractivity contribution in [2.75, 3.05) is 31.5 Å². The summed E-state index contributed by atoms with van der Waals surface area (Å²) in [5, 5.41) is 13.6. The van der Waals surface area contributed by atoms with Crippen LogP contribution in [0.4, 0.5) is 11.4 Å². The highest BCUT2D eigenvalue weighted by atomic mass is 16.6.